The molecule has 24 heavy (non-hydrogen) atoms. The Morgan fingerprint density at radius 3 is 2.75 bits per heavy atom. The minimum Gasteiger partial charge on any atom is -0.338 e. The molecule has 2 heterocycles. The fraction of sp³-hybridized carbons (Fsp3) is 0.474. The number of nitrogens with zero attached hydrogens (tertiary/aromatic N) is 3. The topological polar surface area (TPSA) is 36.4 Å². The van der Waals surface area contributed by atoms with Gasteiger partial charge >= 0.3 is 0 Å². The van der Waals surface area contributed by atoms with Crippen LogP contribution in [0.15, 0.2) is 29.6 Å². The van der Waals surface area contributed by atoms with Gasteiger partial charge in [0.15, 0.2) is 0 Å². The van der Waals surface area contributed by atoms with E-state index in [9.17, 15) is 4.79 Å². The molecule has 0 spiro atoms. The summed E-state index contributed by atoms with van der Waals surface area (Å²) in [5.41, 5.74) is 3.60. The summed E-state index contributed by atoms with van der Waals surface area (Å²) in [5.74, 6) is 0.608. The number of amides is 1. The maximum atomic E-state index is 12.9. The van der Waals surface area contributed by atoms with Gasteiger partial charge in [0.25, 0.3) is 0 Å². The van der Waals surface area contributed by atoms with E-state index in [2.05, 4.69) is 53.4 Å². The summed E-state index contributed by atoms with van der Waals surface area (Å²) in [6.07, 6.45) is 0.782. The number of carbonyl (C=O) groups is 1. The average Bonchev–Trinajstić information content (AvgIpc) is 3.02. The van der Waals surface area contributed by atoms with Gasteiger partial charge in [-0.1, -0.05) is 38.1 Å². The van der Waals surface area contributed by atoms with Crippen LogP contribution in [0.2, 0.25) is 0 Å². The summed E-state index contributed by atoms with van der Waals surface area (Å²) >= 11 is 1.68. The van der Waals surface area contributed by atoms with Gasteiger partial charge in [-0.25, -0.2) is 4.98 Å². The maximum Gasteiger partial charge on any atom is 0.240 e. The van der Waals surface area contributed by atoms with Crippen LogP contribution in [-0.4, -0.2) is 40.8 Å². The van der Waals surface area contributed by atoms with Gasteiger partial charge in [-0.15, -0.1) is 11.3 Å². The molecular weight excluding hydrogens is 318 g/mol. The predicted molar refractivity (Wildman–Crippen MR) is 98.1 cm³/mol. The monoisotopic (exact) mass is 343 g/mol. The van der Waals surface area contributed by atoms with Crippen LogP contribution in [0.1, 0.15) is 41.6 Å². The minimum atomic E-state index is -0.0897. The van der Waals surface area contributed by atoms with Gasteiger partial charge in [-0.05, 0) is 24.6 Å². The second-order valence-corrected chi connectivity index (χ2v) is 7.82. The lowest BCUT2D eigenvalue weighted by molar-refractivity contribution is -0.136. The molecule has 4 nitrogen and oxygen atoms in total. The van der Waals surface area contributed by atoms with Gasteiger partial charge in [-0.2, -0.15) is 0 Å². The molecule has 2 aromatic rings. The molecular formula is C19H25N3OS. The zero-order chi connectivity index (χ0) is 17.3. The Morgan fingerprint density at radius 2 is 2.08 bits per heavy atom. The van der Waals surface area contributed by atoms with Crippen molar-refractivity contribution in [1.29, 1.82) is 0 Å². The zero-order valence-electron chi connectivity index (χ0n) is 14.8. The number of carbonyl (C=O) groups excluding carboxylic acids is 1. The second-order valence-electron chi connectivity index (χ2n) is 6.93. The molecule has 0 aliphatic carbocycles. The molecule has 0 N–H and O–H groups in total. The van der Waals surface area contributed by atoms with Gasteiger partial charge < -0.3 is 4.90 Å². The molecule has 0 unspecified atom stereocenters. The first-order valence-electron chi connectivity index (χ1n) is 8.42. The summed E-state index contributed by atoms with van der Waals surface area (Å²) in [6.45, 7) is 5.69. The highest BCUT2D eigenvalue weighted by atomic mass is 32.1. The van der Waals surface area contributed by atoms with Crippen LogP contribution in [0.5, 0.6) is 0 Å². The van der Waals surface area contributed by atoms with Gasteiger partial charge in [-0.3, -0.25) is 9.69 Å². The molecule has 0 bridgehead atoms. The van der Waals surface area contributed by atoms with Crippen LogP contribution < -0.4 is 0 Å². The first-order valence-corrected chi connectivity index (χ1v) is 9.30. The highest BCUT2D eigenvalue weighted by Crippen LogP contribution is 2.24. The summed E-state index contributed by atoms with van der Waals surface area (Å²) in [5, 5.41) is 3.20. The highest BCUT2D eigenvalue weighted by Gasteiger charge is 2.31. The first kappa shape index (κ1) is 17.1. The number of fused-ring (bicyclic) bond motifs is 1. The lowest BCUT2D eigenvalue weighted by atomic mass is 9.94. The first-order chi connectivity index (χ1) is 11.5. The largest absolute Gasteiger partial charge is 0.338 e. The molecule has 0 fully saturated rings. The van der Waals surface area contributed by atoms with E-state index in [1.807, 2.05) is 19.0 Å². The predicted octanol–water partition coefficient (Wildman–Crippen LogP) is 3.28. The number of hydrogen-bond acceptors (Lipinski definition) is 4. The number of rotatable bonds is 4. The Morgan fingerprint density at radius 1 is 1.38 bits per heavy atom. The van der Waals surface area contributed by atoms with Crippen molar-refractivity contribution in [2.75, 3.05) is 14.1 Å². The average molecular weight is 343 g/mol. The molecule has 5 heteroatoms. The summed E-state index contributed by atoms with van der Waals surface area (Å²) in [6, 6.07) is 8.32. The van der Waals surface area contributed by atoms with Crippen molar-refractivity contribution in [2.24, 2.45) is 0 Å². The standard InChI is InChI=1S/C19H25N3OS/c1-13(2)18-20-16(12-24-18)11-22(4)19(23)17-9-14-7-5-6-8-15(14)10-21(17)3/h5-8,12-13,17H,9-11H2,1-4H3/t17-/m0/s1. The van der Waals surface area contributed by atoms with Crippen LogP contribution in [-0.2, 0) is 24.3 Å². The second kappa shape index (κ2) is 7.03. The van der Waals surface area contributed by atoms with E-state index in [0.29, 0.717) is 12.5 Å². The molecule has 0 saturated heterocycles. The van der Waals surface area contributed by atoms with E-state index in [0.717, 1.165) is 23.7 Å². The fourth-order valence-electron chi connectivity index (χ4n) is 3.17. The molecule has 0 saturated carbocycles. The van der Waals surface area contributed by atoms with Crippen LogP contribution in [0.3, 0.4) is 0 Å². The minimum absolute atomic E-state index is 0.0897. The number of likely N-dealkylation sites (N-methyl/N-ethyl adjacent to an activating group) is 2. The molecule has 1 aliphatic heterocycles. The van der Waals surface area contributed by atoms with E-state index >= 15 is 0 Å². The number of hydrogen-bond donors (Lipinski definition) is 0. The van der Waals surface area contributed by atoms with E-state index in [-0.39, 0.29) is 11.9 Å². The Bertz CT molecular complexity index is 725. The normalized spacial score (nSPS) is 17.8. The van der Waals surface area contributed by atoms with Gasteiger partial charge in [0.05, 0.1) is 23.3 Å². The van der Waals surface area contributed by atoms with E-state index < -0.39 is 0 Å². The van der Waals surface area contributed by atoms with Crippen molar-refractivity contribution in [1.82, 2.24) is 14.8 Å². The van der Waals surface area contributed by atoms with E-state index in [4.69, 9.17) is 0 Å². The molecule has 128 valence electrons. The quantitative estimate of drug-likeness (QED) is 0.855. The summed E-state index contributed by atoms with van der Waals surface area (Å²) < 4.78 is 0. The van der Waals surface area contributed by atoms with Gasteiger partial charge in [0, 0.05) is 24.9 Å². The third kappa shape index (κ3) is 3.52. The maximum absolute atomic E-state index is 12.9. The third-order valence-corrected chi connectivity index (χ3v) is 5.80. The third-order valence-electron chi connectivity index (χ3n) is 4.61. The van der Waals surface area contributed by atoms with Gasteiger partial charge in [0.1, 0.15) is 0 Å². The smallest absolute Gasteiger partial charge is 0.240 e. The molecule has 1 amide bonds. The van der Waals surface area contributed by atoms with Crippen molar-refractivity contribution in [2.45, 2.75) is 45.3 Å². The Balaban J connectivity index is 1.69. The molecule has 1 atom stereocenters. The lowest BCUT2D eigenvalue weighted by Gasteiger charge is -2.35. The Labute approximate surface area is 148 Å². The van der Waals surface area contributed by atoms with Gasteiger partial charge in [0.2, 0.25) is 5.91 Å². The molecule has 3 rings (SSSR count). The number of benzene rings is 1. The van der Waals surface area contributed by atoms with Crippen molar-refractivity contribution >= 4 is 17.2 Å². The SMILES string of the molecule is CC(C)c1nc(CN(C)C(=O)[C@@H]2Cc3ccccc3CN2C)cs1. The lowest BCUT2D eigenvalue weighted by Crippen LogP contribution is -2.48. The van der Waals surface area contributed by atoms with Crippen LogP contribution >= 0.6 is 11.3 Å². The van der Waals surface area contributed by atoms with Crippen molar-refractivity contribution in [3.05, 3.63) is 51.5 Å². The Hall–Kier alpha value is -1.72. The summed E-state index contributed by atoms with van der Waals surface area (Å²) in [4.78, 5) is 21.5. The molecule has 1 aliphatic rings. The fourth-order valence-corrected chi connectivity index (χ4v) is 3.99. The van der Waals surface area contributed by atoms with Crippen molar-refractivity contribution < 1.29 is 4.79 Å². The van der Waals surface area contributed by atoms with Crippen LogP contribution in [0.4, 0.5) is 0 Å². The van der Waals surface area contributed by atoms with E-state index in [1.54, 1.807) is 11.3 Å². The van der Waals surface area contributed by atoms with E-state index in [1.165, 1.54) is 11.1 Å². The number of aromatic nitrogens is 1. The van der Waals surface area contributed by atoms with Crippen molar-refractivity contribution in [3.8, 4) is 0 Å². The number of thiazole rings is 1. The summed E-state index contributed by atoms with van der Waals surface area (Å²) in [7, 11) is 3.91. The zero-order valence-corrected chi connectivity index (χ0v) is 15.6. The molecule has 1 aromatic heterocycles. The van der Waals surface area contributed by atoms with Crippen molar-refractivity contribution in [3.63, 3.8) is 0 Å². The molecule has 0 radical (unpaired) electrons. The highest BCUT2D eigenvalue weighted by molar-refractivity contribution is 7.09. The molecule has 1 aromatic carbocycles. The Kier molecular flexibility index (Phi) is 5.01. The van der Waals surface area contributed by atoms with Crippen LogP contribution in [0, 0.1) is 0 Å². The van der Waals surface area contributed by atoms with Crippen LogP contribution in [0.25, 0.3) is 0 Å².